The average Bonchev–Trinajstić information content (AvgIpc) is 3.77. The van der Waals surface area contributed by atoms with Crippen LogP contribution >= 0.6 is 0 Å². The highest BCUT2D eigenvalue weighted by Gasteiger charge is 2.39. The van der Waals surface area contributed by atoms with Gasteiger partial charge in [0.05, 0.1) is 17.3 Å². The molecule has 12 heteroatoms. The Morgan fingerprint density at radius 2 is 1.65 bits per heavy atom. The zero-order valence-corrected chi connectivity index (χ0v) is 25.9. The first-order chi connectivity index (χ1) is 23.6. The van der Waals surface area contributed by atoms with E-state index >= 15 is 0 Å². The van der Waals surface area contributed by atoms with Gasteiger partial charge in [-0.3, -0.25) is 9.59 Å². The van der Waals surface area contributed by atoms with E-state index in [0.29, 0.717) is 23.6 Å². The van der Waals surface area contributed by atoms with E-state index in [1.807, 2.05) is 48.5 Å². The minimum Gasteiger partial charge on any atom is -0.489 e. The van der Waals surface area contributed by atoms with Crippen LogP contribution in [0.4, 0.5) is 23.7 Å². The predicted molar refractivity (Wildman–Crippen MR) is 172 cm³/mol. The van der Waals surface area contributed by atoms with E-state index in [2.05, 4.69) is 10.5 Å². The largest absolute Gasteiger partial charge is 0.489 e. The highest BCUT2D eigenvalue weighted by Crippen LogP contribution is 2.32. The van der Waals surface area contributed by atoms with E-state index in [9.17, 15) is 27.6 Å². The molecule has 1 saturated heterocycles. The Kier molecular flexibility index (Phi) is 9.74. The number of benzene rings is 4. The lowest BCUT2D eigenvalue weighted by molar-refractivity contribution is -0.137. The summed E-state index contributed by atoms with van der Waals surface area (Å²) in [5.74, 6) is -0.895. The SMILES string of the molecule is O=C(Nc1cccc(COc2ccc(C(CC(=O)N3C(=O)OCC3Cc3ccccc3)c3ccon3)cc2)c1)c1ccc(C(F)(F)F)cc1. The van der Waals surface area contributed by atoms with Gasteiger partial charge in [-0.1, -0.05) is 59.8 Å². The number of rotatable bonds is 11. The summed E-state index contributed by atoms with van der Waals surface area (Å²) in [6.45, 7) is 0.281. The van der Waals surface area contributed by atoms with Crippen molar-refractivity contribution >= 4 is 23.6 Å². The summed E-state index contributed by atoms with van der Waals surface area (Å²) < 4.78 is 54.8. The summed E-state index contributed by atoms with van der Waals surface area (Å²) in [5.41, 5.74) is 2.73. The molecule has 250 valence electrons. The molecule has 1 aliphatic heterocycles. The molecule has 5 aromatic rings. The number of nitrogens with one attached hydrogen (secondary N) is 1. The maximum atomic E-state index is 13.6. The van der Waals surface area contributed by atoms with Gasteiger partial charge in [0.25, 0.3) is 5.91 Å². The topological polar surface area (TPSA) is 111 Å². The Hall–Kier alpha value is -5.91. The number of anilines is 1. The number of aromatic nitrogens is 1. The van der Waals surface area contributed by atoms with E-state index < -0.39 is 35.7 Å². The van der Waals surface area contributed by atoms with Gasteiger partial charge in [0.15, 0.2) is 0 Å². The molecule has 49 heavy (non-hydrogen) atoms. The van der Waals surface area contributed by atoms with E-state index in [4.69, 9.17) is 14.0 Å². The van der Waals surface area contributed by atoms with E-state index in [-0.39, 0.29) is 31.1 Å². The summed E-state index contributed by atoms with van der Waals surface area (Å²) in [6.07, 6.45) is -3.30. The van der Waals surface area contributed by atoms with Crippen molar-refractivity contribution in [2.45, 2.75) is 37.6 Å². The molecule has 1 fully saturated rings. The molecule has 0 bridgehead atoms. The lowest BCUT2D eigenvalue weighted by Gasteiger charge is -2.22. The van der Waals surface area contributed by atoms with Crippen molar-refractivity contribution < 1.29 is 41.6 Å². The Morgan fingerprint density at radius 3 is 2.35 bits per heavy atom. The smallest absolute Gasteiger partial charge is 0.416 e. The molecule has 0 saturated carbocycles. The van der Waals surface area contributed by atoms with Crippen molar-refractivity contribution in [1.82, 2.24) is 10.1 Å². The first-order valence-corrected chi connectivity index (χ1v) is 15.4. The zero-order chi connectivity index (χ0) is 34.4. The monoisotopic (exact) mass is 669 g/mol. The van der Waals surface area contributed by atoms with E-state index in [0.717, 1.165) is 41.0 Å². The van der Waals surface area contributed by atoms with E-state index in [1.54, 1.807) is 36.4 Å². The minimum absolute atomic E-state index is 0.0435. The zero-order valence-electron chi connectivity index (χ0n) is 25.9. The fourth-order valence-electron chi connectivity index (χ4n) is 5.59. The average molecular weight is 670 g/mol. The number of hydrogen-bond donors (Lipinski definition) is 1. The summed E-state index contributed by atoms with van der Waals surface area (Å²) in [5, 5.41) is 6.76. The van der Waals surface area contributed by atoms with Gasteiger partial charge in [0.2, 0.25) is 5.91 Å². The number of imide groups is 1. The molecule has 1 aromatic heterocycles. The molecular weight excluding hydrogens is 639 g/mol. The third-order valence-corrected chi connectivity index (χ3v) is 8.08. The molecule has 4 aromatic carbocycles. The van der Waals surface area contributed by atoms with Crippen LogP contribution in [-0.4, -0.2) is 40.6 Å². The van der Waals surface area contributed by atoms with Gasteiger partial charge < -0.3 is 19.3 Å². The number of ether oxygens (including phenoxy) is 2. The Morgan fingerprint density at radius 1 is 0.918 bits per heavy atom. The standard InChI is InChI=1S/C37H30F3N3O6/c38-37(39,40)28-13-9-27(10-14-28)35(45)41-29-8-4-7-25(19-29)22-47-31-15-11-26(12-16-31)32(33-17-18-49-42-33)21-34(44)43-30(23-48-36(43)46)20-24-5-2-1-3-6-24/h1-19,30,32H,20-23H2,(H,41,45). The quantitative estimate of drug-likeness (QED) is 0.154. The van der Waals surface area contributed by atoms with Crippen molar-refractivity contribution in [3.05, 3.63) is 149 Å². The number of alkyl halides is 3. The molecular formula is C37H30F3N3O6. The number of nitrogens with zero attached hydrogens (tertiary/aromatic N) is 2. The number of carbonyl (C=O) groups excluding carboxylic acids is 3. The molecule has 1 N–H and O–H groups in total. The second-order valence-corrected chi connectivity index (χ2v) is 11.5. The Labute approximate surface area is 279 Å². The van der Waals surface area contributed by atoms with Crippen molar-refractivity contribution in [2.75, 3.05) is 11.9 Å². The van der Waals surface area contributed by atoms with Crippen LogP contribution in [0.5, 0.6) is 5.75 Å². The molecule has 2 heterocycles. The van der Waals surface area contributed by atoms with Crippen molar-refractivity contribution in [1.29, 1.82) is 0 Å². The Balaban J connectivity index is 1.09. The van der Waals surface area contributed by atoms with Gasteiger partial charge in [-0.05, 0) is 71.6 Å². The van der Waals surface area contributed by atoms with Crippen molar-refractivity contribution in [2.24, 2.45) is 0 Å². The molecule has 0 aliphatic carbocycles. The summed E-state index contributed by atoms with van der Waals surface area (Å²) >= 11 is 0. The van der Waals surface area contributed by atoms with Crippen molar-refractivity contribution in [3.63, 3.8) is 0 Å². The summed E-state index contributed by atoms with van der Waals surface area (Å²) in [4.78, 5) is 40.0. The van der Waals surface area contributed by atoms with Crippen LogP contribution in [0.2, 0.25) is 0 Å². The maximum Gasteiger partial charge on any atom is 0.416 e. The third-order valence-electron chi connectivity index (χ3n) is 8.08. The minimum atomic E-state index is -4.49. The lowest BCUT2D eigenvalue weighted by Crippen LogP contribution is -2.40. The number of carbonyl (C=O) groups is 3. The molecule has 6 rings (SSSR count). The van der Waals surface area contributed by atoms with Gasteiger partial charge in [0.1, 0.15) is 25.2 Å². The number of amides is 3. The first-order valence-electron chi connectivity index (χ1n) is 15.4. The molecule has 9 nitrogen and oxygen atoms in total. The van der Waals surface area contributed by atoms with Crippen LogP contribution in [0.15, 0.2) is 120 Å². The van der Waals surface area contributed by atoms with Gasteiger partial charge >= 0.3 is 12.3 Å². The summed E-state index contributed by atoms with van der Waals surface area (Å²) in [7, 11) is 0. The van der Waals surface area contributed by atoms with Gasteiger partial charge in [-0.2, -0.15) is 13.2 Å². The van der Waals surface area contributed by atoms with Crippen LogP contribution in [0.25, 0.3) is 0 Å². The first kappa shape index (κ1) is 33.0. The predicted octanol–water partition coefficient (Wildman–Crippen LogP) is 7.64. The lowest BCUT2D eigenvalue weighted by atomic mass is 9.91. The van der Waals surface area contributed by atoms with Gasteiger partial charge in [-0.25, -0.2) is 9.69 Å². The fourth-order valence-corrected chi connectivity index (χ4v) is 5.59. The fraction of sp³-hybridized carbons (Fsp3) is 0.189. The van der Waals surface area contributed by atoms with Crippen LogP contribution < -0.4 is 10.1 Å². The van der Waals surface area contributed by atoms with Gasteiger partial charge in [0, 0.05) is 29.7 Å². The number of halogens is 3. The number of hydrogen-bond acceptors (Lipinski definition) is 7. The second kappa shape index (κ2) is 14.5. The summed E-state index contributed by atoms with van der Waals surface area (Å²) in [6, 6.07) is 28.9. The molecule has 3 amide bonds. The van der Waals surface area contributed by atoms with Crippen LogP contribution in [-0.2, 0) is 28.7 Å². The molecule has 0 spiro atoms. The number of cyclic esters (lactones) is 1. The molecule has 0 radical (unpaired) electrons. The normalized spacial score (nSPS) is 15.0. The van der Waals surface area contributed by atoms with Crippen LogP contribution in [0.1, 0.15) is 50.6 Å². The van der Waals surface area contributed by atoms with Crippen molar-refractivity contribution in [3.8, 4) is 5.75 Å². The highest BCUT2D eigenvalue weighted by atomic mass is 19.4. The maximum absolute atomic E-state index is 13.6. The van der Waals surface area contributed by atoms with Gasteiger partial charge in [-0.15, -0.1) is 0 Å². The molecule has 1 aliphatic rings. The van der Waals surface area contributed by atoms with E-state index in [1.165, 1.54) is 11.2 Å². The molecule has 2 atom stereocenters. The Bertz CT molecular complexity index is 1900. The van der Waals surface area contributed by atoms with Crippen LogP contribution in [0, 0.1) is 0 Å². The van der Waals surface area contributed by atoms with Crippen LogP contribution in [0.3, 0.4) is 0 Å². The third kappa shape index (κ3) is 8.15. The molecule has 2 unspecified atom stereocenters. The second-order valence-electron chi connectivity index (χ2n) is 11.5. The highest BCUT2D eigenvalue weighted by molar-refractivity contribution is 6.04.